The molecule has 0 aliphatic carbocycles. The summed E-state index contributed by atoms with van der Waals surface area (Å²) in [5.74, 6) is 1.61. The van der Waals surface area contributed by atoms with E-state index < -0.39 is 5.60 Å². The molecule has 2 amide bonds. The molecule has 0 unspecified atom stereocenters. The van der Waals surface area contributed by atoms with Crippen LogP contribution in [0.3, 0.4) is 0 Å². The van der Waals surface area contributed by atoms with Gasteiger partial charge in [-0.05, 0) is 70.0 Å². The van der Waals surface area contributed by atoms with Crippen LogP contribution in [0.25, 0.3) is 16.7 Å². The first-order chi connectivity index (χ1) is 17.3. The van der Waals surface area contributed by atoms with Gasteiger partial charge in [0.05, 0.1) is 11.7 Å². The predicted octanol–water partition coefficient (Wildman–Crippen LogP) is 5.04. The summed E-state index contributed by atoms with van der Waals surface area (Å²) >= 11 is 0. The average molecular weight is 491 g/mol. The van der Waals surface area contributed by atoms with Crippen LogP contribution in [0.15, 0.2) is 48.8 Å². The molecule has 4 heterocycles. The number of aromatic nitrogens is 2. The molecule has 8 heteroatoms. The molecule has 2 aromatic heterocycles. The van der Waals surface area contributed by atoms with E-state index in [0.29, 0.717) is 18.8 Å². The Hall–Kier alpha value is -3.55. The number of benzene rings is 1. The standard InChI is InChI=1S/C28H34N4O4/c1-28(2,3)36-27(34)31-15-11-22(12-16-31)35-23-7-9-25(29-19-23)32-17-10-20-18-21(6-8-24(20)32)26(33)30-13-4-5-14-30/h6-10,17-19,22H,4-5,11-16H2,1-3H3. The van der Waals surface area contributed by atoms with E-state index in [2.05, 4.69) is 4.98 Å². The van der Waals surface area contributed by atoms with Crippen molar-refractivity contribution in [2.45, 2.75) is 58.2 Å². The lowest BCUT2D eigenvalue weighted by atomic mass is 10.1. The third-order valence-corrected chi connectivity index (χ3v) is 6.69. The van der Waals surface area contributed by atoms with Gasteiger partial charge in [-0.2, -0.15) is 0 Å². The Morgan fingerprint density at radius 3 is 2.36 bits per heavy atom. The predicted molar refractivity (Wildman–Crippen MR) is 138 cm³/mol. The lowest BCUT2D eigenvalue weighted by Gasteiger charge is -2.33. The highest BCUT2D eigenvalue weighted by molar-refractivity contribution is 5.98. The number of carbonyl (C=O) groups excluding carboxylic acids is 2. The van der Waals surface area contributed by atoms with E-state index in [-0.39, 0.29) is 18.1 Å². The first kappa shape index (κ1) is 24.2. The Kier molecular flexibility index (Phi) is 6.60. The van der Waals surface area contributed by atoms with E-state index in [4.69, 9.17) is 9.47 Å². The van der Waals surface area contributed by atoms with Crippen molar-refractivity contribution >= 4 is 22.9 Å². The average Bonchev–Trinajstić information content (AvgIpc) is 3.54. The maximum Gasteiger partial charge on any atom is 0.410 e. The summed E-state index contributed by atoms with van der Waals surface area (Å²) in [6.45, 7) is 8.55. The Labute approximate surface area is 211 Å². The van der Waals surface area contributed by atoms with Crippen LogP contribution >= 0.6 is 0 Å². The number of pyridine rings is 1. The number of carbonyl (C=O) groups is 2. The zero-order valence-electron chi connectivity index (χ0n) is 21.3. The van der Waals surface area contributed by atoms with Crippen LogP contribution in [0.2, 0.25) is 0 Å². The van der Waals surface area contributed by atoms with E-state index in [1.165, 1.54) is 0 Å². The van der Waals surface area contributed by atoms with Crippen LogP contribution in [0, 0.1) is 0 Å². The topological polar surface area (TPSA) is 76.9 Å². The first-order valence-electron chi connectivity index (χ1n) is 12.8. The molecule has 8 nitrogen and oxygen atoms in total. The Morgan fingerprint density at radius 2 is 1.69 bits per heavy atom. The van der Waals surface area contributed by atoms with Crippen LogP contribution in [0.5, 0.6) is 5.75 Å². The monoisotopic (exact) mass is 490 g/mol. The first-order valence-corrected chi connectivity index (χ1v) is 12.8. The Balaban J connectivity index is 1.20. The number of hydrogen-bond donors (Lipinski definition) is 0. The molecular weight excluding hydrogens is 456 g/mol. The van der Waals surface area contributed by atoms with Gasteiger partial charge in [0.15, 0.2) is 0 Å². The van der Waals surface area contributed by atoms with Crippen LogP contribution in [0.1, 0.15) is 56.8 Å². The molecule has 190 valence electrons. The van der Waals surface area contributed by atoms with Gasteiger partial charge in [0, 0.05) is 56.2 Å². The maximum atomic E-state index is 12.7. The Bertz CT molecular complexity index is 1230. The fourth-order valence-corrected chi connectivity index (χ4v) is 4.84. The number of ether oxygens (including phenoxy) is 2. The van der Waals surface area contributed by atoms with Gasteiger partial charge in [0.2, 0.25) is 0 Å². The summed E-state index contributed by atoms with van der Waals surface area (Å²) < 4.78 is 13.6. The molecule has 2 fully saturated rings. The zero-order chi connectivity index (χ0) is 25.3. The van der Waals surface area contributed by atoms with Crippen LogP contribution in [-0.4, -0.2) is 69.2 Å². The molecule has 5 rings (SSSR count). The van der Waals surface area contributed by atoms with Gasteiger partial charge in [-0.15, -0.1) is 0 Å². The Morgan fingerprint density at radius 1 is 0.944 bits per heavy atom. The lowest BCUT2D eigenvalue weighted by molar-refractivity contribution is 0.0126. The van der Waals surface area contributed by atoms with Crippen molar-refractivity contribution in [1.29, 1.82) is 0 Å². The molecular formula is C28H34N4O4. The van der Waals surface area contributed by atoms with Gasteiger partial charge in [0.25, 0.3) is 5.91 Å². The minimum atomic E-state index is -0.490. The summed E-state index contributed by atoms with van der Waals surface area (Å²) in [7, 11) is 0. The second-order valence-corrected chi connectivity index (χ2v) is 10.6. The molecule has 0 spiro atoms. The summed E-state index contributed by atoms with van der Waals surface area (Å²) in [4.78, 5) is 33.3. The van der Waals surface area contributed by atoms with Crippen molar-refractivity contribution in [3.8, 4) is 11.6 Å². The molecule has 2 saturated heterocycles. The van der Waals surface area contributed by atoms with Crippen molar-refractivity contribution in [3.63, 3.8) is 0 Å². The SMILES string of the molecule is CC(C)(C)OC(=O)N1CCC(Oc2ccc(-n3ccc4cc(C(=O)N5CCCC5)ccc43)nc2)CC1. The van der Waals surface area contributed by atoms with Crippen molar-refractivity contribution in [2.24, 2.45) is 0 Å². The molecule has 0 bridgehead atoms. The lowest BCUT2D eigenvalue weighted by Crippen LogP contribution is -2.44. The van der Waals surface area contributed by atoms with Crippen LogP contribution < -0.4 is 4.74 Å². The fraction of sp³-hybridized carbons (Fsp3) is 0.464. The summed E-state index contributed by atoms with van der Waals surface area (Å²) in [5, 5.41) is 1.01. The molecule has 2 aliphatic rings. The molecule has 0 radical (unpaired) electrons. The highest BCUT2D eigenvalue weighted by atomic mass is 16.6. The minimum absolute atomic E-state index is 0.0373. The molecule has 3 aromatic rings. The van der Waals surface area contributed by atoms with E-state index in [9.17, 15) is 9.59 Å². The van der Waals surface area contributed by atoms with E-state index in [0.717, 1.165) is 61.1 Å². The van der Waals surface area contributed by atoms with Gasteiger partial charge in [-0.1, -0.05) is 0 Å². The van der Waals surface area contributed by atoms with Crippen LogP contribution in [0.4, 0.5) is 4.79 Å². The highest BCUT2D eigenvalue weighted by Gasteiger charge is 2.27. The van der Waals surface area contributed by atoms with Gasteiger partial charge in [-0.3, -0.25) is 4.79 Å². The number of amides is 2. The number of fused-ring (bicyclic) bond motifs is 1. The smallest absolute Gasteiger partial charge is 0.410 e. The van der Waals surface area contributed by atoms with Crippen molar-refractivity contribution in [2.75, 3.05) is 26.2 Å². The van der Waals surface area contributed by atoms with E-state index in [1.807, 2.05) is 72.8 Å². The third-order valence-electron chi connectivity index (χ3n) is 6.69. The maximum absolute atomic E-state index is 12.7. The van der Waals surface area contributed by atoms with Crippen molar-refractivity contribution in [3.05, 3.63) is 54.4 Å². The quantitative estimate of drug-likeness (QED) is 0.512. The molecule has 2 aliphatic heterocycles. The molecule has 0 N–H and O–H groups in total. The van der Waals surface area contributed by atoms with Gasteiger partial charge < -0.3 is 23.8 Å². The van der Waals surface area contributed by atoms with E-state index in [1.54, 1.807) is 11.1 Å². The number of likely N-dealkylation sites (tertiary alicyclic amines) is 2. The molecule has 1 aromatic carbocycles. The summed E-state index contributed by atoms with van der Waals surface area (Å²) in [6.07, 6.45) is 7.16. The largest absolute Gasteiger partial charge is 0.489 e. The number of piperidine rings is 1. The normalized spacial score (nSPS) is 17.0. The number of rotatable bonds is 4. The second kappa shape index (κ2) is 9.84. The third kappa shape index (κ3) is 5.32. The zero-order valence-corrected chi connectivity index (χ0v) is 21.3. The van der Waals surface area contributed by atoms with Gasteiger partial charge >= 0.3 is 6.09 Å². The number of nitrogens with zero attached hydrogens (tertiary/aromatic N) is 4. The van der Waals surface area contributed by atoms with E-state index >= 15 is 0 Å². The fourth-order valence-electron chi connectivity index (χ4n) is 4.84. The summed E-state index contributed by atoms with van der Waals surface area (Å²) in [6, 6.07) is 11.7. The van der Waals surface area contributed by atoms with Crippen molar-refractivity contribution < 1.29 is 19.1 Å². The van der Waals surface area contributed by atoms with Crippen LogP contribution in [-0.2, 0) is 4.74 Å². The molecule has 0 atom stereocenters. The van der Waals surface area contributed by atoms with Gasteiger partial charge in [-0.25, -0.2) is 9.78 Å². The number of hydrogen-bond acceptors (Lipinski definition) is 5. The molecule has 36 heavy (non-hydrogen) atoms. The van der Waals surface area contributed by atoms with Crippen molar-refractivity contribution in [1.82, 2.24) is 19.4 Å². The molecule has 0 saturated carbocycles. The second-order valence-electron chi connectivity index (χ2n) is 10.6. The minimum Gasteiger partial charge on any atom is -0.489 e. The highest BCUT2D eigenvalue weighted by Crippen LogP contribution is 2.25. The summed E-state index contributed by atoms with van der Waals surface area (Å²) in [5.41, 5.74) is 1.25. The van der Waals surface area contributed by atoms with Gasteiger partial charge in [0.1, 0.15) is 23.3 Å².